The maximum Gasteiger partial charge on any atom is 0.257 e. The molecule has 2 N–H and O–H groups in total. The Morgan fingerprint density at radius 2 is 1.85 bits per heavy atom. The van der Waals surface area contributed by atoms with Gasteiger partial charge in [0.1, 0.15) is 5.75 Å². The molecule has 0 unspecified atom stereocenters. The van der Waals surface area contributed by atoms with Crippen molar-refractivity contribution < 1.29 is 13.9 Å². The molecule has 104 valence electrons. The predicted octanol–water partition coefficient (Wildman–Crippen LogP) is 2.90. The molecule has 0 aromatic heterocycles. The Balaban J connectivity index is 2.43. The largest absolute Gasteiger partial charge is 0.453 e. The first-order valence-corrected chi connectivity index (χ1v) is 6.02. The summed E-state index contributed by atoms with van der Waals surface area (Å²) in [5.41, 5.74) is 6.46. The van der Waals surface area contributed by atoms with Gasteiger partial charge in [0.25, 0.3) is 5.91 Å². The lowest BCUT2D eigenvalue weighted by atomic mass is 10.1. The minimum absolute atomic E-state index is 0.0471. The summed E-state index contributed by atoms with van der Waals surface area (Å²) in [5.74, 6) is -0.464. The number of amides is 1. The molecule has 0 radical (unpaired) electrons. The molecule has 0 fully saturated rings. The van der Waals surface area contributed by atoms with Crippen LogP contribution in [0.1, 0.15) is 10.4 Å². The first kappa shape index (κ1) is 13.9. The average Bonchev–Trinajstić information content (AvgIpc) is 2.41. The lowest BCUT2D eigenvalue weighted by molar-refractivity contribution is 0.0825. The van der Waals surface area contributed by atoms with Crippen LogP contribution in [0.15, 0.2) is 42.5 Å². The molecule has 0 aliphatic rings. The summed E-state index contributed by atoms with van der Waals surface area (Å²) in [7, 11) is 3.26. The molecule has 0 bridgehead atoms. The van der Waals surface area contributed by atoms with E-state index in [1.165, 1.54) is 23.1 Å². The second-order valence-corrected chi connectivity index (χ2v) is 4.49. The molecule has 20 heavy (non-hydrogen) atoms. The predicted molar refractivity (Wildman–Crippen MR) is 75.3 cm³/mol. The van der Waals surface area contributed by atoms with Crippen molar-refractivity contribution in [3.8, 4) is 11.5 Å². The third kappa shape index (κ3) is 2.88. The van der Waals surface area contributed by atoms with Crippen molar-refractivity contribution in [2.75, 3.05) is 19.8 Å². The van der Waals surface area contributed by atoms with Gasteiger partial charge in [-0.05, 0) is 24.3 Å². The highest BCUT2D eigenvalue weighted by molar-refractivity contribution is 5.97. The highest BCUT2D eigenvalue weighted by atomic mass is 19.1. The fraction of sp³-hybridized carbons (Fsp3) is 0.133. The van der Waals surface area contributed by atoms with Crippen LogP contribution in [0.2, 0.25) is 0 Å². The van der Waals surface area contributed by atoms with E-state index in [0.29, 0.717) is 11.3 Å². The van der Waals surface area contributed by atoms with Crippen LogP contribution >= 0.6 is 0 Å². The van der Waals surface area contributed by atoms with Gasteiger partial charge in [0.2, 0.25) is 0 Å². The van der Waals surface area contributed by atoms with E-state index in [1.54, 1.807) is 38.4 Å². The summed E-state index contributed by atoms with van der Waals surface area (Å²) in [6, 6.07) is 10.7. The van der Waals surface area contributed by atoms with Crippen LogP contribution in [0.3, 0.4) is 0 Å². The SMILES string of the molecule is CN(C)C(=O)c1ccc(N)cc1Oc1ccccc1F. The summed E-state index contributed by atoms with van der Waals surface area (Å²) >= 11 is 0. The number of carbonyl (C=O) groups excluding carboxylic acids is 1. The van der Waals surface area contributed by atoms with Crippen molar-refractivity contribution in [1.82, 2.24) is 4.90 Å². The topological polar surface area (TPSA) is 55.6 Å². The first-order chi connectivity index (χ1) is 9.49. The summed E-state index contributed by atoms with van der Waals surface area (Å²) in [5, 5.41) is 0. The molecule has 0 aliphatic carbocycles. The minimum atomic E-state index is -0.502. The smallest absolute Gasteiger partial charge is 0.257 e. The minimum Gasteiger partial charge on any atom is -0.453 e. The van der Waals surface area contributed by atoms with E-state index in [4.69, 9.17) is 10.5 Å². The number of anilines is 1. The summed E-state index contributed by atoms with van der Waals surface area (Å²) in [6.07, 6.45) is 0. The van der Waals surface area contributed by atoms with Crippen molar-refractivity contribution in [1.29, 1.82) is 0 Å². The Labute approximate surface area is 116 Å². The van der Waals surface area contributed by atoms with Gasteiger partial charge >= 0.3 is 0 Å². The van der Waals surface area contributed by atoms with Gasteiger partial charge in [-0.3, -0.25) is 4.79 Å². The van der Waals surface area contributed by atoms with Gasteiger partial charge in [0.05, 0.1) is 5.56 Å². The second kappa shape index (κ2) is 5.61. The maximum atomic E-state index is 13.6. The summed E-state index contributed by atoms with van der Waals surface area (Å²) in [6.45, 7) is 0. The number of benzene rings is 2. The van der Waals surface area contributed by atoms with Gasteiger partial charge in [0.15, 0.2) is 11.6 Å². The van der Waals surface area contributed by atoms with Crippen LogP contribution in [0, 0.1) is 5.82 Å². The number of halogens is 1. The van der Waals surface area contributed by atoms with Gasteiger partial charge in [-0.2, -0.15) is 0 Å². The second-order valence-electron chi connectivity index (χ2n) is 4.49. The molecule has 0 aliphatic heterocycles. The Kier molecular flexibility index (Phi) is 3.89. The number of nitrogens with two attached hydrogens (primary N) is 1. The number of hydrogen-bond donors (Lipinski definition) is 1. The number of carbonyl (C=O) groups is 1. The lowest BCUT2D eigenvalue weighted by Gasteiger charge is -2.15. The summed E-state index contributed by atoms with van der Waals surface area (Å²) in [4.78, 5) is 13.5. The number of ether oxygens (including phenoxy) is 1. The van der Waals surface area contributed by atoms with E-state index in [9.17, 15) is 9.18 Å². The van der Waals surface area contributed by atoms with Gasteiger partial charge in [0, 0.05) is 25.8 Å². The average molecular weight is 274 g/mol. The molecule has 5 heteroatoms. The van der Waals surface area contributed by atoms with Crippen LogP contribution < -0.4 is 10.5 Å². The van der Waals surface area contributed by atoms with E-state index in [1.807, 2.05) is 0 Å². The molecule has 0 saturated heterocycles. The monoisotopic (exact) mass is 274 g/mol. The molecule has 0 saturated carbocycles. The van der Waals surface area contributed by atoms with Crippen LogP contribution in [0.25, 0.3) is 0 Å². The zero-order valence-corrected chi connectivity index (χ0v) is 11.3. The van der Waals surface area contributed by atoms with Crippen LogP contribution in [-0.2, 0) is 0 Å². The molecular weight excluding hydrogens is 259 g/mol. The van der Waals surface area contributed by atoms with Crippen LogP contribution in [0.5, 0.6) is 11.5 Å². The van der Waals surface area contributed by atoms with Crippen molar-refractivity contribution >= 4 is 11.6 Å². The van der Waals surface area contributed by atoms with Crippen molar-refractivity contribution in [2.45, 2.75) is 0 Å². The van der Waals surface area contributed by atoms with E-state index < -0.39 is 5.82 Å². The molecule has 2 aromatic rings. The van der Waals surface area contributed by atoms with Gasteiger partial charge in [-0.15, -0.1) is 0 Å². The highest BCUT2D eigenvalue weighted by Crippen LogP contribution is 2.29. The standard InChI is InChI=1S/C15H15FN2O2/c1-18(2)15(19)11-8-7-10(17)9-14(11)20-13-6-4-3-5-12(13)16/h3-9H,17H2,1-2H3. The number of nitrogens with zero attached hydrogens (tertiary/aromatic N) is 1. The van der Waals surface area contributed by atoms with E-state index >= 15 is 0 Å². The molecule has 2 rings (SSSR count). The van der Waals surface area contributed by atoms with Crippen LogP contribution in [-0.4, -0.2) is 24.9 Å². The Bertz CT molecular complexity index is 642. The third-order valence-corrected chi connectivity index (χ3v) is 2.70. The molecule has 2 aromatic carbocycles. The molecule has 1 amide bonds. The number of para-hydroxylation sites is 1. The number of rotatable bonds is 3. The van der Waals surface area contributed by atoms with Gasteiger partial charge < -0.3 is 15.4 Å². The van der Waals surface area contributed by atoms with Crippen molar-refractivity contribution in [3.63, 3.8) is 0 Å². The molecule has 0 atom stereocenters. The normalized spacial score (nSPS) is 10.2. The Morgan fingerprint density at radius 3 is 2.50 bits per heavy atom. The first-order valence-electron chi connectivity index (χ1n) is 6.02. The summed E-state index contributed by atoms with van der Waals surface area (Å²) < 4.78 is 19.1. The van der Waals surface area contributed by atoms with Gasteiger partial charge in [-0.1, -0.05) is 12.1 Å². The Morgan fingerprint density at radius 1 is 1.15 bits per heavy atom. The number of hydrogen-bond acceptors (Lipinski definition) is 3. The maximum absolute atomic E-state index is 13.6. The fourth-order valence-corrected chi connectivity index (χ4v) is 1.69. The molecule has 0 heterocycles. The fourth-order valence-electron chi connectivity index (χ4n) is 1.69. The molecular formula is C15H15FN2O2. The lowest BCUT2D eigenvalue weighted by Crippen LogP contribution is -2.22. The Hall–Kier alpha value is -2.56. The van der Waals surface area contributed by atoms with Gasteiger partial charge in [-0.25, -0.2) is 4.39 Å². The van der Waals surface area contributed by atoms with Crippen molar-refractivity contribution in [2.24, 2.45) is 0 Å². The van der Waals surface area contributed by atoms with E-state index in [2.05, 4.69) is 0 Å². The van der Waals surface area contributed by atoms with Crippen molar-refractivity contribution in [3.05, 3.63) is 53.8 Å². The zero-order valence-electron chi connectivity index (χ0n) is 11.3. The van der Waals surface area contributed by atoms with Crippen LogP contribution in [0.4, 0.5) is 10.1 Å². The third-order valence-electron chi connectivity index (χ3n) is 2.70. The zero-order chi connectivity index (χ0) is 14.7. The molecule has 4 nitrogen and oxygen atoms in total. The number of nitrogen functional groups attached to an aromatic ring is 1. The highest BCUT2D eigenvalue weighted by Gasteiger charge is 2.16. The van der Waals surface area contributed by atoms with E-state index in [0.717, 1.165) is 0 Å². The van der Waals surface area contributed by atoms with E-state index in [-0.39, 0.29) is 17.4 Å². The quantitative estimate of drug-likeness (QED) is 0.875. The molecule has 0 spiro atoms.